The molecule has 17 heavy (non-hydrogen) atoms. The van der Waals surface area contributed by atoms with Crippen LogP contribution in [0.3, 0.4) is 0 Å². The smallest absolute Gasteiger partial charge is 0.191 e. The fourth-order valence-corrected chi connectivity index (χ4v) is 1.65. The third-order valence-electron chi connectivity index (χ3n) is 2.38. The number of halogens is 1. The van der Waals surface area contributed by atoms with Gasteiger partial charge in [0.1, 0.15) is 12.4 Å². The lowest BCUT2D eigenvalue weighted by Gasteiger charge is -2.08. The zero-order valence-electron chi connectivity index (χ0n) is 10.4. The predicted octanol–water partition coefficient (Wildman–Crippen LogP) is 2.29. The summed E-state index contributed by atoms with van der Waals surface area (Å²) in [5, 5.41) is 0. The van der Waals surface area contributed by atoms with Crippen molar-refractivity contribution in [1.82, 2.24) is 0 Å². The highest BCUT2D eigenvalue weighted by Gasteiger charge is 2.15. The maximum absolute atomic E-state index is 13.6. The number of carbonyl (C=O) groups excluding carboxylic acids is 1. The maximum atomic E-state index is 13.6. The van der Waals surface area contributed by atoms with Crippen LogP contribution < -0.4 is 0 Å². The standard InChI is InChI=1S/C13H17FO3/c1-9-6-10(2)13(11(14)7-9)12(15)8-17-5-4-16-3/h6-7H,4-5,8H2,1-3H3. The molecule has 0 aliphatic heterocycles. The van der Waals surface area contributed by atoms with Crippen LogP contribution in [0.15, 0.2) is 12.1 Å². The lowest BCUT2D eigenvalue weighted by atomic mass is 10.0. The van der Waals surface area contributed by atoms with E-state index in [9.17, 15) is 9.18 Å². The van der Waals surface area contributed by atoms with Gasteiger partial charge >= 0.3 is 0 Å². The van der Waals surface area contributed by atoms with Crippen LogP contribution in [0.5, 0.6) is 0 Å². The Labute approximate surface area is 101 Å². The number of ketones is 1. The van der Waals surface area contributed by atoms with Gasteiger partial charge in [0.2, 0.25) is 0 Å². The molecule has 0 unspecified atom stereocenters. The van der Waals surface area contributed by atoms with E-state index < -0.39 is 5.82 Å². The average Bonchev–Trinajstić information content (AvgIpc) is 2.23. The van der Waals surface area contributed by atoms with Crippen LogP contribution in [0, 0.1) is 19.7 Å². The van der Waals surface area contributed by atoms with Crippen molar-refractivity contribution in [3.8, 4) is 0 Å². The summed E-state index contributed by atoms with van der Waals surface area (Å²) >= 11 is 0. The molecule has 1 rings (SSSR count). The molecule has 0 fully saturated rings. The molecule has 0 bridgehead atoms. The third kappa shape index (κ3) is 3.91. The Morgan fingerprint density at radius 3 is 2.59 bits per heavy atom. The average molecular weight is 240 g/mol. The minimum Gasteiger partial charge on any atom is -0.382 e. The fourth-order valence-electron chi connectivity index (χ4n) is 1.65. The van der Waals surface area contributed by atoms with E-state index in [-0.39, 0.29) is 18.0 Å². The molecule has 1 aromatic rings. The molecule has 0 atom stereocenters. The number of carbonyl (C=O) groups is 1. The number of rotatable bonds is 6. The summed E-state index contributed by atoms with van der Waals surface area (Å²) in [6.45, 7) is 4.14. The van der Waals surface area contributed by atoms with Gasteiger partial charge in [-0.3, -0.25) is 4.79 Å². The van der Waals surface area contributed by atoms with E-state index in [0.717, 1.165) is 5.56 Å². The van der Waals surface area contributed by atoms with Crippen LogP contribution >= 0.6 is 0 Å². The van der Waals surface area contributed by atoms with Crippen molar-refractivity contribution >= 4 is 5.78 Å². The highest BCUT2D eigenvalue weighted by atomic mass is 19.1. The zero-order chi connectivity index (χ0) is 12.8. The Bertz CT molecular complexity index is 379. The van der Waals surface area contributed by atoms with Crippen LogP contribution in [0.1, 0.15) is 21.5 Å². The Morgan fingerprint density at radius 1 is 1.29 bits per heavy atom. The fraction of sp³-hybridized carbons (Fsp3) is 0.462. The molecule has 0 radical (unpaired) electrons. The van der Waals surface area contributed by atoms with Gasteiger partial charge in [-0.2, -0.15) is 0 Å². The molecule has 0 aliphatic rings. The van der Waals surface area contributed by atoms with E-state index in [1.165, 1.54) is 6.07 Å². The van der Waals surface area contributed by atoms with Gasteiger partial charge in [-0.25, -0.2) is 4.39 Å². The van der Waals surface area contributed by atoms with Gasteiger partial charge in [-0.15, -0.1) is 0 Å². The topological polar surface area (TPSA) is 35.5 Å². The van der Waals surface area contributed by atoms with Crippen molar-refractivity contribution in [2.45, 2.75) is 13.8 Å². The third-order valence-corrected chi connectivity index (χ3v) is 2.38. The molecule has 0 saturated heterocycles. The molecule has 0 saturated carbocycles. The van der Waals surface area contributed by atoms with Crippen LogP contribution in [0.4, 0.5) is 4.39 Å². The van der Waals surface area contributed by atoms with E-state index in [0.29, 0.717) is 18.8 Å². The molecule has 4 heteroatoms. The van der Waals surface area contributed by atoms with Gasteiger partial charge in [-0.05, 0) is 31.0 Å². The number of methoxy groups -OCH3 is 1. The van der Waals surface area contributed by atoms with Gasteiger partial charge in [0, 0.05) is 7.11 Å². The molecular weight excluding hydrogens is 223 g/mol. The molecular formula is C13H17FO3. The van der Waals surface area contributed by atoms with Gasteiger partial charge in [0.25, 0.3) is 0 Å². The molecule has 0 aliphatic carbocycles. The summed E-state index contributed by atoms with van der Waals surface area (Å²) in [6, 6.07) is 3.14. The molecule has 0 N–H and O–H groups in total. The molecule has 3 nitrogen and oxygen atoms in total. The summed E-state index contributed by atoms with van der Waals surface area (Å²) in [4.78, 5) is 11.8. The summed E-state index contributed by atoms with van der Waals surface area (Å²) in [7, 11) is 1.55. The molecule has 94 valence electrons. The minimum atomic E-state index is -0.483. The molecule has 0 heterocycles. The first-order valence-electron chi connectivity index (χ1n) is 5.43. The first kappa shape index (κ1) is 13.8. The molecule has 0 aromatic heterocycles. The van der Waals surface area contributed by atoms with Crippen molar-refractivity contribution in [2.24, 2.45) is 0 Å². The van der Waals surface area contributed by atoms with E-state index >= 15 is 0 Å². The van der Waals surface area contributed by atoms with Crippen LogP contribution in [0.2, 0.25) is 0 Å². The minimum absolute atomic E-state index is 0.119. The Morgan fingerprint density at radius 2 is 2.00 bits per heavy atom. The quantitative estimate of drug-likeness (QED) is 0.565. The highest BCUT2D eigenvalue weighted by Crippen LogP contribution is 2.16. The van der Waals surface area contributed by atoms with Gasteiger partial charge in [-0.1, -0.05) is 6.07 Å². The Hall–Kier alpha value is -1.26. The zero-order valence-corrected chi connectivity index (χ0v) is 10.4. The summed E-state index contributed by atoms with van der Waals surface area (Å²) < 4.78 is 23.5. The van der Waals surface area contributed by atoms with Crippen LogP contribution in [-0.4, -0.2) is 32.7 Å². The van der Waals surface area contributed by atoms with Gasteiger partial charge in [0.05, 0.1) is 18.8 Å². The van der Waals surface area contributed by atoms with E-state index in [1.807, 2.05) is 0 Å². The largest absolute Gasteiger partial charge is 0.382 e. The predicted molar refractivity (Wildman–Crippen MR) is 62.9 cm³/mol. The van der Waals surface area contributed by atoms with Crippen molar-refractivity contribution in [1.29, 1.82) is 0 Å². The van der Waals surface area contributed by atoms with Gasteiger partial charge in [0.15, 0.2) is 5.78 Å². The number of hydrogen-bond donors (Lipinski definition) is 0. The van der Waals surface area contributed by atoms with Crippen LogP contribution in [0.25, 0.3) is 0 Å². The first-order chi connectivity index (χ1) is 8.06. The Balaban J connectivity index is 2.69. The highest BCUT2D eigenvalue weighted by molar-refractivity contribution is 5.98. The number of ether oxygens (including phenoxy) is 2. The number of aryl methyl sites for hydroxylation is 2. The Kier molecular flexibility index (Phi) is 5.25. The van der Waals surface area contributed by atoms with E-state index in [4.69, 9.17) is 9.47 Å². The van der Waals surface area contributed by atoms with Crippen molar-refractivity contribution in [2.75, 3.05) is 26.9 Å². The lowest BCUT2D eigenvalue weighted by Crippen LogP contribution is -2.15. The summed E-state index contributed by atoms with van der Waals surface area (Å²) in [5.74, 6) is -0.820. The van der Waals surface area contributed by atoms with Crippen molar-refractivity contribution in [3.05, 3.63) is 34.6 Å². The van der Waals surface area contributed by atoms with Gasteiger partial charge < -0.3 is 9.47 Å². The lowest BCUT2D eigenvalue weighted by molar-refractivity contribution is 0.0573. The molecule has 1 aromatic carbocycles. The van der Waals surface area contributed by atoms with Crippen molar-refractivity contribution < 1.29 is 18.7 Å². The molecule has 0 amide bonds. The second-order valence-electron chi connectivity index (χ2n) is 3.91. The number of hydrogen-bond acceptors (Lipinski definition) is 3. The normalized spacial score (nSPS) is 10.6. The van der Waals surface area contributed by atoms with Crippen LogP contribution in [-0.2, 0) is 9.47 Å². The number of Topliss-reactive ketones (excluding diaryl/α,β-unsaturated/α-hetero) is 1. The second kappa shape index (κ2) is 6.47. The SMILES string of the molecule is COCCOCC(=O)c1c(C)cc(C)cc1F. The van der Waals surface area contributed by atoms with Crippen molar-refractivity contribution in [3.63, 3.8) is 0 Å². The monoisotopic (exact) mass is 240 g/mol. The first-order valence-corrected chi connectivity index (χ1v) is 5.43. The molecule has 0 spiro atoms. The maximum Gasteiger partial charge on any atom is 0.191 e. The van der Waals surface area contributed by atoms with E-state index in [1.54, 1.807) is 27.0 Å². The second-order valence-corrected chi connectivity index (χ2v) is 3.91. The van der Waals surface area contributed by atoms with E-state index in [2.05, 4.69) is 0 Å². The summed E-state index contributed by atoms with van der Waals surface area (Å²) in [6.07, 6.45) is 0. The number of benzene rings is 1. The summed E-state index contributed by atoms with van der Waals surface area (Å²) in [5.41, 5.74) is 1.56.